The minimum absolute atomic E-state index is 0.0277. The number of nitrogens with zero attached hydrogens (tertiary/aromatic N) is 1. The summed E-state index contributed by atoms with van der Waals surface area (Å²) in [5.74, 6) is 0.219. The van der Waals surface area contributed by atoms with Gasteiger partial charge in [-0.3, -0.25) is 0 Å². The van der Waals surface area contributed by atoms with Gasteiger partial charge in [-0.25, -0.2) is 0 Å². The molecular formula is C33H35ClN2O2S-2. The fraction of sp³-hybridized carbons (Fsp3) is 0.394. The Morgan fingerprint density at radius 1 is 1.18 bits per heavy atom. The zero-order valence-electron chi connectivity index (χ0n) is 23.0. The third kappa shape index (κ3) is 4.73. The molecule has 3 atom stereocenters. The predicted molar refractivity (Wildman–Crippen MR) is 160 cm³/mol. The fourth-order valence-corrected chi connectivity index (χ4v) is 8.24. The number of hydrogen-bond donors (Lipinski definition) is 1. The fourth-order valence-electron chi connectivity index (χ4n) is 6.58. The maximum absolute atomic E-state index is 13.3. The zero-order valence-corrected chi connectivity index (χ0v) is 24.6. The van der Waals surface area contributed by atoms with Crippen LogP contribution in [0.15, 0.2) is 87.0 Å². The summed E-state index contributed by atoms with van der Waals surface area (Å²) in [6, 6.07) is 14.5. The first-order chi connectivity index (χ1) is 18.7. The summed E-state index contributed by atoms with van der Waals surface area (Å²) in [5, 5.41) is 31.1. The van der Waals surface area contributed by atoms with E-state index in [-0.39, 0.29) is 16.7 Å². The maximum Gasteiger partial charge on any atom is 0.0988 e. The summed E-state index contributed by atoms with van der Waals surface area (Å²) >= 11 is 8.78. The summed E-state index contributed by atoms with van der Waals surface area (Å²) in [4.78, 5) is 3.68. The number of thioether (sulfide) groups is 1. The molecule has 0 saturated carbocycles. The SMILES string of the molecule is CCN1c2ccccc2SC1C=C1CCCC(C=C2C([O-])=C(c3ccc4c(c3)C(C)CC(C)(C)N4)C2[O-])=C1Cl. The van der Waals surface area contributed by atoms with Gasteiger partial charge in [-0.1, -0.05) is 71.8 Å². The number of likely N-dealkylation sites (N-methyl/N-ethyl adjacent to an activating group) is 1. The highest BCUT2D eigenvalue weighted by Gasteiger charge is 2.31. The molecule has 6 rings (SSSR count). The smallest absolute Gasteiger partial charge is 0.0988 e. The number of benzene rings is 2. The molecule has 4 aliphatic rings. The van der Waals surface area contributed by atoms with Gasteiger partial charge in [0.1, 0.15) is 0 Å². The molecule has 6 heteroatoms. The normalized spacial score (nSPS) is 27.9. The predicted octanol–water partition coefficient (Wildman–Crippen LogP) is 6.69. The van der Waals surface area contributed by atoms with Gasteiger partial charge in [0, 0.05) is 27.7 Å². The Hall–Kier alpha value is -2.60. The highest BCUT2D eigenvalue weighted by atomic mass is 35.5. The lowest BCUT2D eigenvalue weighted by molar-refractivity contribution is -0.403. The number of allylic oxidation sites excluding steroid dienone is 4. The molecule has 0 aromatic heterocycles. The molecule has 2 heterocycles. The summed E-state index contributed by atoms with van der Waals surface area (Å²) in [5.41, 5.74) is 7.05. The second-order valence-corrected chi connectivity index (χ2v) is 13.3. The lowest BCUT2D eigenvalue weighted by Gasteiger charge is -2.47. The van der Waals surface area contributed by atoms with Gasteiger partial charge in [-0.15, -0.1) is 5.76 Å². The molecule has 2 aromatic carbocycles. The van der Waals surface area contributed by atoms with Crippen molar-refractivity contribution in [2.45, 2.75) is 81.2 Å². The Morgan fingerprint density at radius 2 is 1.97 bits per heavy atom. The second kappa shape index (κ2) is 10.1. The van der Waals surface area contributed by atoms with Crippen molar-refractivity contribution in [1.29, 1.82) is 0 Å². The molecule has 0 bridgehead atoms. The van der Waals surface area contributed by atoms with Crippen LogP contribution >= 0.6 is 23.4 Å². The lowest BCUT2D eigenvalue weighted by Crippen LogP contribution is -2.42. The topological polar surface area (TPSA) is 61.4 Å². The van der Waals surface area contributed by atoms with Crippen molar-refractivity contribution in [2.24, 2.45) is 0 Å². The van der Waals surface area contributed by atoms with Crippen LogP contribution in [0.5, 0.6) is 0 Å². The first-order valence-electron chi connectivity index (χ1n) is 14.0. The van der Waals surface area contributed by atoms with E-state index in [9.17, 15) is 10.2 Å². The van der Waals surface area contributed by atoms with E-state index in [1.54, 1.807) is 6.08 Å². The van der Waals surface area contributed by atoms with Gasteiger partial charge >= 0.3 is 0 Å². The number of hydrogen-bond acceptors (Lipinski definition) is 5. The van der Waals surface area contributed by atoms with E-state index in [0.717, 1.165) is 54.6 Å². The molecule has 39 heavy (non-hydrogen) atoms. The van der Waals surface area contributed by atoms with Gasteiger partial charge in [-0.05, 0) is 105 Å². The number of fused-ring (bicyclic) bond motifs is 2. The highest BCUT2D eigenvalue weighted by molar-refractivity contribution is 8.00. The van der Waals surface area contributed by atoms with Crippen LogP contribution in [0, 0.1) is 0 Å². The van der Waals surface area contributed by atoms with Crippen LogP contribution in [0.3, 0.4) is 0 Å². The first-order valence-corrected chi connectivity index (χ1v) is 15.3. The van der Waals surface area contributed by atoms with Crippen LogP contribution in [0.4, 0.5) is 11.4 Å². The van der Waals surface area contributed by atoms with E-state index in [4.69, 9.17) is 11.6 Å². The van der Waals surface area contributed by atoms with Crippen LogP contribution < -0.4 is 20.4 Å². The molecule has 0 radical (unpaired) electrons. The van der Waals surface area contributed by atoms with Gasteiger partial charge in [0.25, 0.3) is 0 Å². The average Bonchev–Trinajstić information content (AvgIpc) is 3.26. The van der Waals surface area contributed by atoms with Crippen molar-refractivity contribution >= 4 is 40.3 Å². The molecule has 204 valence electrons. The third-order valence-corrected chi connectivity index (χ3v) is 10.2. The molecule has 0 spiro atoms. The zero-order chi connectivity index (χ0) is 27.5. The molecule has 2 aliphatic carbocycles. The Morgan fingerprint density at radius 3 is 2.74 bits per heavy atom. The van der Waals surface area contributed by atoms with Crippen molar-refractivity contribution in [3.05, 3.63) is 93.3 Å². The lowest BCUT2D eigenvalue weighted by atomic mass is 9.77. The van der Waals surface area contributed by atoms with Crippen LogP contribution in [0.1, 0.15) is 70.4 Å². The van der Waals surface area contributed by atoms with E-state index in [2.05, 4.69) is 68.3 Å². The summed E-state index contributed by atoms with van der Waals surface area (Å²) in [7, 11) is 0. The minimum atomic E-state index is -1.14. The van der Waals surface area contributed by atoms with Gasteiger partial charge in [0.15, 0.2) is 0 Å². The molecule has 3 unspecified atom stereocenters. The molecule has 2 aliphatic heterocycles. The monoisotopic (exact) mass is 558 g/mol. The molecule has 4 nitrogen and oxygen atoms in total. The van der Waals surface area contributed by atoms with Gasteiger partial charge < -0.3 is 20.4 Å². The van der Waals surface area contributed by atoms with Crippen molar-refractivity contribution in [1.82, 2.24) is 0 Å². The Kier molecular flexibility index (Phi) is 6.89. The van der Waals surface area contributed by atoms with Crippen molar-refractivity contribution in [3.63, 3.8) is 0 Å². The van der Waals surface area contributed by atoms with Crippen molar-refractivity contribution in [2.75, 3.05) is 16.8 Å². The highest BCUT2D eigenvalue weighted by Crippen LogP contribution is 2.47. The first kappa shape index (κ1) is 26.6. The molecule has 2 aromatic rings. The number of anilines is 2. The Labute approximate surface area is 241 Å². The standard InChI is InChI=1S/C33H36ClN2O2S/c1-5-36-26-11-6-7-12-27(26)39-28(36)17-22-10-8-9-21(30(22)34)16-24-31(37)29(32(24)38)20-13-14-25-23(15-20)19(2)18-33(3,4)35-25/h6-7,11-17,19,28,31,35,38H,5,8-10,18H2,1-4H3/q-1/p-1. The van der Waals surface area contributed by atoms with Crippen molar-refractivity contribution in [3.8, 4) is 0 Å². The summed E-state index contributed by atoms with van der Waals surface area (Å²) in [6.45, 7) is 9.70. The molecule has 0 fully saturated rings. The summed E-state index contributed by atoms with van der Waals surface area (Å²) in [6.07, 6.45) is 6.56. The number of nitrogens with one attached hydrogen (secondary N) is 1. The van der Waals surface area contributed by atoms with E-state index < -0.39 is 6.10 Å². The van der Waals surface area contributed by atoms with Crippen LogP contribution in [0.25, 0.3) is 5.57 Å². The second-order valence-electron chi connectivity index (χ2n) is 11.8. The Balaban J connectivity index is 1.27. The van der Waals surface area contributed by atoms with Crippen LogP contribution in [-0.2, 0) is 0 Å². The largest absolute Gasteiger partial charge is 0.872 e. The number of halogens is 1. The average molecular weight is 559 g/mol. The van der Waals surface area contributed by atoms with E-state index in [0.29, 0.717) is 22.1 Å². The minimum Gasteiger partial charge on any atom is -0.872 e. The number of para-hydroxylation sites is 1. The van der Waals surface area contributed by atoms with Gasteiger partial charge in [0.2, 0.25) is 0 Å². The molecular weight excluding hydrogens is 524 g/mol. The Bertz CT molecular complexity index is 1450. The maximum atomic E-state index is 13.3. The van der Waals surface area contributed by atoms with Crippen molar-refractivity contribution < 1.29 is 10.2 Å². The van der Waals surface area contributed by atoms with Gasteiger partial charge in [0.05, 0.1) is 11.1 Å². The van der Waals surface area contributed by atoms with Gasteiger partial charge in [-0.2, -0.15) is 0 Å². The summed E-state index contributed by atoms with van der Waals surface area (Å²) < 4.78 is 0. The van der Waals surface area contributed by atoms with Crippen LogP contribution in [0.2, 0.25) is 0 Å². The van der Waals surface area contributed by atoms with E-state index in [1.165, 1.54) is 16.1 Å². The van der Waals surface area contributed by atoms with Crippen LogP contribution in [-0.4, -0.2) is 23.6 Å². The molecule has 1 N–H and O–H groups in total. The molecule has 0 saturated heterocycles. The van der Waals surface area contributed by atoms with E-state index in [1.807, 2.05) is 30.0 Å². The third-order valence-electron chi connectivity index (χ3n) is 8.43. The molecule has 0 amide bonds. The number of rotatable bonds is 4. The van der Waals surface area contributed by atoms with E-state index >= 15 is 0 Å². The quantitative estimate of drug-likeness (QED) is 0.453.